The van der Waals surface area contributed by atoms with Crippen molar-refractivity contribution in [1.82, 2.24) is 0 Å². The largest absolute Gasteiger partial charge is 0.494 e. The van der Waals surface area contributed by atoms with Crippen molar-refractivity contribution in [3.8, 4) is 5.75 Å². The standard InChI is InChI=1S/C15H24N2O3/c1-15(2,14(16)17-18)8-5-9-20-13-7-4-6-12(10-13)11-19-3/h4,6-7,10,18H,5,8-9,11H2,1-3H3,(H2,16,17). The number of nitrogens with two attached hydrogens (primary N) is 1. The molecule has 0 amide bonds. The minimum absolute atomic E-state index is 0.250. The average molecular weight is 280 g/mol. The second-order valence-electron chi connectivity index (χ2n) is 5.40. The van der Waals surface area contributed by atoms with E-state index >= 15 is 0 Å². The highest BCUT2D eigenvalue weighted by Gasteiger charge is 2.22. The number of amidine groups is 1. The van der Waals surface area contributed by atoms with Crippen LogP contribution in [-0.2, 0) is 11.3 Å². The summed E-state index contributed by atoms with van der Waals surface area (Å²) >= 11 is 0. The van der Waals surface area contributed by atoms with Gasteiger partial charge in [-0.2, -0.15) is 0 Å². The maximum Gasteiger partial charge on any atom is 0.144 e. The third kappa shape index (κ3) is 5.09. The van der Waals surface area contributed by atoms with Crippen molar-refractivity contribution in [2.45, 2.75) is 33.3 Å². The van der Waals surface area contributed by atoms with E-state index in [0.717, 1.165) is 24.2 Å². The van der Waals surface area contributed by atoms with E-state index < -0.39 is 0 Å². The lowest BCUT2D eigenvalue weighted by atomic mass is 9.87. The van der Waals surface area contributed by atoms with Gasteiger partial charge in [0.05, 0.1) is 13.2 Å². The summed E-state index contributed by atoms with van der Waals surface area (Å²) in [5, 5.41) is 11.8. The lowest BCUT2D eigenvalue weighted by Gasteiger charge is -2.22. The van der Waals surface area contributed by atoms with Crippen LogP contribution in [-0.4, -0.2) is 24.8 Å². The Kier molecular flexibility index (Phi) is 6.31. The summed E-state index contributed by atoms with van der Waals surface area (Å²) in [6, 6.07) is 7.84. The quantitative estimate of drug-likeness (QED) is 0.252. The first-order valence-electron chi connectivity index (χ1n) is 6.68. The van der Waals surface area contributed by atoms with Crippen molar-refractivity contribution >= 4 is 5.84 Å². The molecule has 0 aromatic heterocycles. The number of methoxy groups -OCH3 is 1. The Morgan fingerprint density at radius 1 is 1.40 bits per heavy atom. The van der Waals surface area contributed by atoms with Crippen molar-refractivity contribution in [2.75, 3.05) is 13.7 Å². The van der Waals surface area contributed by atoms with E-state index in [1.54, 1.807) is 7.11 Å². The fraction of sp³-hybridized carbons (Fsp3) is 0.533. The van der Waals surface area contributed by atoms with Crippen molar-refractivity contribution in [3.05, 3.63) is 29.8 Å². The van der Waals surface area contributed by atoms with Crippen LogP contribution in [0.15, 0.2) is 29.4 Å². The predicted molar refractivity (Wildman–Crippen MR) is 79.1 cm³/mol. The Labute approximate surface area is 120 Å². The van der Waals surface area contributed by atoms with Crippen LogP contribution in [0.1, 0.15) is 32.3 Å². The first-order chi connectivity index (χ1) is 9.49. The molecule has 1 aromatic rings. The molecule has 0 unspecified atom stereocenters. The molecule has 1 aromatic carbocycles. The number of oxime groups is 1. The molecule has 0 spiro atoms. The number of ether oxygens (including phenoxy) is 2. The van der Waals surface area contributed by atoms with Gasteiger partial charge in [-0.15, -0.1) is 0 Å². The minimum atomic E-state index is -0.323. The summed E-state index contributed by atoms with van der Waals surface area (Å²) in [6.45, 7) is 5.06. The van der Waals surface area contributed by atoms with Gasteiger partial charge in [-0.05, 0) is 30.5 Å². The van der Waals surface area contributed by atoms with Crippen molar-refractivity contribution < 1.29 is 14.7 Å². The van der Waals surface area contributed by atoms with Crippen LogP contribution >= 0.6 is 0 Å². The number of hydrogen-bond acceptors (Lipinski definition) is 4. The molecular weight excluding hydrogens is 256 g/mol. The second-order valence-corrected chi connectivity index (χ2v) is 5.40. The molecule has 0 atom stereocenters. The molecule has 0 saturated heterocycles. The van der Waals surface area contributed by atoms with E-state index in [0.29, 0.717) is 13.2 Å². The zero-order chi connectivity index (χ0) is 15.0. The first-order valence-corrected chi connectivity index (χ1v) is 6.68. The molecule has 0 aliphatic carbocycles. The topological polar surface area (TPSA) is 77.1 Å². The summed E-state index contributed by atoms with van der Waals surface area (Å²) < 4.78 is 10.8. The van der Waals surface area contributed by atoms with Crippen LogP contribution in [0, 0.1) is 5.41 Å². The van der Waals surface area contributed by atoms with Crippen LogP contribution in [0.2, 0.25) is 0 Å². The van der Waals surface area contributed by atoms with Gasteiger partial charge in [-0.1, -0.05) is 31.1 Å². The van der Waals surface area contributed by atoms with Gasteiger partial charge in [-0.25, -0.2) is 0 Å². The Hall–Kier alpha value is -1.75. The zero-order valence-electron chi connectivity index (χ0n) is 12.4. The maximum atomic E-state index is 8.71. The molecule has 5 nitrogen and oxygen atoms in total. The normalized spacial score (nSPS) is 12.4. The Bertz CT molecular complexity index is 444. The maximum absolute atomic E-state index is 8.71. The van der Waals surface area contributed by atoms with Crippen molar-refractivity contribution in [2.24, 2.45) is 16.3 Å². The number of nitrogens with zero attached hydrogens (tertiary/aromatic N) is 1. The van der Waals surface area contributed by atoms with Gasteiger partial charge in [0.25, 0.3) is 0 Å². The molecule has 0 aliphatic heterocycles. The van der Waals surface area contributed by atoms with Gasteiger partial charge >= 0.3 is 0 Å². The van der Waals surface area contributed by atoms with Crippen LogP contribution in [0.5, 0.6) is 5.75 Å². The second kappa shape index (κ2) is 7.75. The van der Waals surface area contributed by atoms with E-state index in [1.807, 2.05) is 38.1 Å². The lowest BCUT2D eigenvalue weighted by Crippen LogP contribution is -2.32. The highest BCUT2D eigenvalue weighted by Crippen LogP contribution is 2.23. The number of hydrogen-bond donors (Lipinski definition) is 2. The smallest absolute Gasteiger partial charge is 0.144 e. The molecule has 5 heteroatoms. The van der Waals surface area contributed by atoms with Gasteiger partial charge in [0.15, 0.2) is 0 Å². The van der Waals surface area contributed by atoms with Crippen LogP contribution < -0.4 is 10.5 Å². The van der Waals surface area contributed by atoms with Crippen molar-refractivity contribution in [1.29, 1.82) is 0 Å². The summed E-state index contributed by atoms with van der Waals surface area (Å²) in [5.74, 6) is 1.08. The Morgan fingerprint density at radius 2 is 2.15 bits per heavy atom. The molecular formula is C15H24N2O3. The Morgan fingerprint density at radius 3 is 2.80 bits per heavy atom. The molecule has 0 aliphatic rings. The van der Waals surface area contributed by atoms with Gasteiger partial charge < -0.3 is 20.4 Å². The van der Waals surface area contributed by atoms with Crippen LogP contribution in [0.25, 0.3) is 0 Å². The minimum Gasteiger partial charge on any atom is -0.494 e. The van der Waals surface area contributed by atoms with Gasteiger partial charge in [-0.3, -0.25) is 0 Å². The predicted octanol–water partition coefficient (Wildman–Crippen LogP) is 2.76. The molecule has 0 bridgehead atoms. The van der Waals surface area contributed by atoms with Crippen molar-refractivity contribution in [3.63, 3.8) is 0 Å². The molecule has 112 valence electrons. The van der Waals surface area contributed by atoms with E-state index in [4.69, 9.17) is 20.4 Å². The summed E-state index contributed by atoms with van der Waals surface area (Å²) in [5.41, 5.74) is 6.40. The summed E-state index contributed by atoms with van der Waals surface area (Å²) in [7, 11) is 1.67. The molecule has 1 rings (SSSR count). The third-order valence-corrected chi connectivity index (χ3v) is 3.23. The van der Waals surface area contributed by atoms with E-state index in [9.17, 15) is 0 Å². The fourth-order valence-corrected chi connectivity index (χ4v) is 1.86. The molecule has 3 N–H and O–H groups in total. The van der Waals surface area contributed by atoms with E-state index in [-0.39, 0.29) is 11.3 Å². The number of benzene rings is 1. The molecule has 0 heterocycles. The first kappa shape index (κ1) is 16.3. The Balaban J connectivity index is 2.39. The van der Waals surface area contributed by atoms with Gasteiger partial charge in [0.2, 0.25) is 0 Å². The zero-order valence-corrected chi connectivity index (χ0v) is 12.4. The summed E-state index contributed by atoms with van der Waals surface area (Å²) in [4.78, 5) is 0. The molecule has 0 radical (unpaired) electrons. The van der Waals surface area contributed by atoms with E-state index in [1.165, 1.54) is 0 Å². The number of rotatable bonds is 8. The monoisotopic (exact) mass is 280 g/mol. The molecule has 20 heavy (non-hydrogen) atoms. The summed E-state index contributed by atoms with van der Waals surface area (Å²) in [6.07, 6.45) is 1.62. The molecule has 0 fully saturated rings. The van der Waals surface area contributed by atoms with Gasteiger partial charge in [0.1, 0.15) is 11.6 Å². The van der Waals surface area contributed by atoms with Gasteiger partial charge in [0, 0.05) is 12.5 Å². The molecule has 0 saturated carbocycles. The fourth-order valence-electron chi connectivity index (χ4n) is 1.86. The lowest BCUT2D eigenvalue weighted by molar-refractivity contribution is 0.184. The van der Waals surface area contributed by atoms with Crippen LogP contribution in [0.3, 0.4) is 0 Å². The SMILES string of the molecule is COCc1cccc(OCCCC(C)(C)C(N)=NO)c1. The average Bonchev–Trinajstić information content (AvgIpc) is 2.43. The van der Waals surface area contributed by atoms with E-state index in [2.05, 4.69) is 5.16 Å². The highest BCUT2D eigenvalue weighted by atomic mass is 16.5. The third-order valence-electron chi connectivity index (χ3n) is 3.23. The highest BCUT2D eigenvalue weighted by molar-refractivity contribution is 5.85. The van der Waals surface area contributed by atoms with Crippen LogP contribution in [0.4, 0.5) is 0 Å².